The molecule has 1 aromatic rings. The summed E-state index contributed by atoms with van der Waals surface area (Å²) in [5.74, 6) is 0. The molecule has 0 amide bonds. The van der Waals surface area contributed by atoms with Crippen molar-refractivity contribution < 1.29 is 5.11 Å². The molecule has 0 saturated heterocycles. The number of aryl methyl sites for hydroxylation is 1. The van der Waals surface area contributed by atoms with Crippen molar-refractivity contribution in [2.24, 2.45) is 0 Å². The number of hydrogen-bond donors (Lipinski definition) is 1. The van der Waals surface area contributed by atoms with E-state index >= 15 is 0 Å². The lowest BCUT2D eigenvalue weighted by Crippen LogP contribution is -1.91. The first-order valence-corrected chi connectivity index (χ1v) is 5.20. The average Bonchev–Trinajstić information content (AvgIpc) is 2.28. The van der Waals surface area contributed by atoms with Gasteiger partial charge in [-0.05, 0) is 35.3 Å². The summed E-state index contributed by atoms with van der Waals surface area (Å²) in [6.45, 7) is 4.02. The molecule has 1 nitrogen and oxygen atoms in total. The average molecular weight is 235 g/mol. The van der Waals surface area contributed by atoms with Gasteiger partial charge in [0.25, 0.3) is 0 Å². The van der Waals surface area contributed by atoms with Crippen LogP contribution in [0.25, 0.3) is 0 Å². The van der Waals surface area contributed by atoms with Crippen LogP contribution < -0.4 is 0 Å². The Balaban J connectivity index is 2.93. The van der Waals surface area contributed by atoms with Crippen molar-refractivity contribution in [1.82, 2.24) is 0 Å². The zero-order valence-electron chi connectivity index (χ0n) is 6.60. The predicted octanol–water partition coefficient (Wildman–Crippen LogP) is 3.26. The Morgan fingerprint density at radius 3 is 2.73 bits per heavy atom. The molecule has 0 saturated carbocycles. The van der Waals surface area contributed by atoms with Gasteiger partial charge in [-0.1, -0.05) is 6.92 Å². The van der Waals surface area contributed by atoms with Crippen molar-refractivity contribution in [1.29, 1.82) is 0 Å². The normalized spacial score (nSPS) is 13.5. The van der Waals surface area contributed by atoms with E-state index < -0.39 is 0 Å². The number of thiophene rings is 1. The van der Waals surface area contributed by atoms with Crippen molar-refractivity contribution in [2.45, 2.75) is 26.4 Å². The van der Waals surface area contributed by atoms with Crippen LogP contribution in [0.3, 0.4) is 0 Å². The van der Waals surface area contributed by atoms with Gasteiger partial charge in [-0.3, -0.25) is 0 Å². The fourth-order valence-electron chi connectivity index (χ4n) is 0.914. The molecule has 11 heavy (non-hydrogen) atoms. The topological polar surface area (TPSA) is 20.2 Å². The molecule has 1 rings (SSSR count). The van der Waals surface area contributed by atoms with Gasteiger partial charge in [-0.2, -0.15) is 0 Å². The molecule has 0 bridgehead atoms. The van der Waals surface area contributed by atoms with Crippen molar-refractivity contribution in [3.63, 3.8) is 0 Å². The third kappa shape index (κ3) is 2.04. The summed E-state index contributed by atoms with van der Waals surface area (Å²) in [6.07, 6.45) is 0.474. The van der Waals surface area contributed by atoms with Crippen LogP contribution in [-0.2, 0) is 0 Å². The molecule has 1 aromatic heterocycles. The summed E-state index contributed by atoms with van der Waals surface area (Å²) < 4.78 is 1.04. The molecular formula is C8H11BrOS. The van der Waals surface area contributed by atoms with E-state index in [1.807, 2.05) is 19.9 Å². The summed E-state index contributed by atoms with van der Waals surface area (Å²) in [5, 5.41) is 9.50. The SMILES string of the molecule is CC[C@@H](O)c1sc(C)cc1Br. The first-order valence-electron chi connectivity index (χ1n) is 3.59. The second-order valence-electron chi connectivity index (χ2n) is 2.49. The lowest BCUT2D eigenvalue weighted by atomic mass is 10.2. The van der Waals surface area contributed by atoms with Crippen LogP contribution in [0, 0.1) is 6.92 Å². The number of rotatable bonds is 2. The maximum absolute atomic E-state index is 9.50. The van der Waals surface area contributed by atoms with Crippen molar-refractivity contribution in [3.05, 3.63) is 20.3 Å². The fraction of sp³-hybridized carbons (Fsp3) is 0.500. The van der Waals surface area contributed by atoms with Crippen LogP contribution >= 0.6 is 27.3 Å². The van der Waals surface area contributed by atoms with Gasteiger partial charge < -0.3 is 5.11 Å². The van der Waals surface area contributed by atoms with E-state index in [1.165, 1.54) is 4.88 Å². The highest BCUT2D eigenvalue weighted by Crippen LogP contribution is 2.33. The minimum absolute atomic E-state index is 0.303. The summed E-state index contributed by atoms with van der Waals surface area (Å²) in [5.41, 5.74) is 0. The smallest absolute Gasteiger partial charge is 0.0890 e. The third-order valence-electron chi connectivity index (χ3n) is 1.53. The Kier molecular flexibility index (Phi) is 3.10. The minimum atomic E-state index is -0.303. The summed E-state index contributed by atoms with van der Waals surface area (Å²) in [6, 6.07) is 2.04. The van der Waals surface area contributed by atoms with Gasteiger partial charge in [0.05, 0.1) is 6.10 Å². The van der Waals surface area contributed by atoms with Crippen LogP contribution in [0.5, 0.6) is 0 Å². The quantitative estimate of drug-likeness (QED) is 0.834. The number of aliphatic hydroxyl groups is 1. The molecule has 0 radical (unpaired) electrons. The molecule has 0 aliphatic carbocycles. The molecule has 0 spiro atoms. The van der Waals surface area contributed by atoms with Crippen LogP contribution in [0.4, 0.5) is 0 Å². The molecule has 0 fully saturated rings. The standard InChI is InChI=1S/C8H11BrOS/c1-3-7(10)8-6(9)4-5(2)11-8/h4,7,10H,3H2,1-2H3/t7-/m1/s1. The van der Waals surface area contributed by atoms with Gasteiger partial charge in [-0.15, -0.1) is 11.3 Å². The van der Waals surface area contributed by atoms with Gasteiger partial charge in [0, 0.05) is 14.2 Å². The molecule has 0 aromatic carbocycles. The first-order chi connectivity index (χ1) is 5.15. The van der Waals surface area contributed by atoms with Crippen LogP contribution in [0.2, 0.25) is 0 Å². The largest absolute Gasteiger partial charge is 0.388 e. The third-order valence-corrected chi connectivity index (χ3v) is 3.60. The van der Waals surface area contributed by atoms with Crippen LogP contribution in [0.15, 0.2) is 10.5 Å². The Morgan fingerprint density at radius 2 is 2.36 bits per heavy atom. The lowest BCUT2D eigenvalue weighted by molar-refractivity contribution is 0.177. The Labute approximate surface area is 79.2 Å². The predicted molar refractivity (Wildman–Crippen MR) is 52.0 cm³/mol. The van der Waals surface area contributed by atoms with Gasteiger partial charge in [0.1, 0.15) is 0 Å². The van der Waals surface area contributed by atoms with Gasteiger partial charge in [-0.25, -0.2) is 0 Å². The van der Waals surface area contributed by atoms with Crippen molar-refractivity contribution in [2.75, 3.05) is 0 Å². The second kappa shape index (κ2) is 3.70. The van der Waals surface area contributed by atoms with Crippen LogP contribution in [-0.4, -0.2) is 5.11 Å². The molecule has 0 aliphatic heterocycles. The summed E-state index contributed by atoms with van der Waals surface area (Å²) in [7, 11) is 0. The molecule has 0 aliphatic rings. The fourth-order valence-corrected chi connectivity index (χ4v) is 2.90. The summed E-state index contributed by atoms with van der Waals surface area (Å²) >= 11 is 5.06. The van der Waals surface area contributed by atoms with E-state index in [2.05, 4.69) is 15.9 Å². The number of hydrogen-bond acceptors (Lipinski definition) is 2. The van der Waals surface area contributed by atoms with E-state index in [0.29, 0.717) is 0 Å². The van der Waals surface area contributed by atoms with Gasteiger partial charge in [0.15, 0.2) is 0 Å². The molecule has 1 atom stereocenters. The molecule has 1 N–H and O–H groups in total. The van der Waals surface area contributed by atoms with E-state index in [9.17, 15) is 5.11 Å². The zero-order chi connectivity index (χ0) is 8.43. The highest BCUT2D eigenvalue weighted by atomic mass is 79.9. The molecular weight excluding hydrogens is 224 g/mol. The second-order valence-corrected chi connectivity index (χ2v) is 4.64. The first kappa shape index (κ1) is 9.23. The van der Waals surface area contributed by atoms with E-state index in [-0.39, 0.29) is 6.10 Å². The highest BCUT2D eigenvalue weighted by Gasteiger charge is 2.11. The highest BCUT2D eigenvalue weighted by molar-refractivity contribution is 9.10. The van der Waals surface area contributed by atoms with Crippen LogP contribution in [0.1, 0.15) is 29.2 Å². The molecule has 62 valence electrons. The lowest BCUT2D eigenvalue weighted by Gasteiger charge is -2.04. The Bertz CT molecular complexity index is 244. The Hall–Kier alpha value is 0.140. The van der Waals surface area contributed by atoms with E-state index in [1.54, 1.807) is 11.3 Å². The summed E-state index contributed by atoms with van der Waals surface area (Å²) in [4.78, 5) is 2.28. The molecule has 1 heterocycles. The van der Waals surface area contributed by atoms with E-state index in [0.717, 1.165) is 15.8 Å². The maximum Gasteiger partial charge on any atom is 0.0890 e. The van der Waals surface area contributed by atoms with Gasteiger partial charge >= 0.3 is 0 Å². The van der Waals surface area contributed by atoms with Crippen molar-refractivity contribution in [3.8, 4) is 0 Å². The molecule has 0 unspecified atom stereocenters. The monoisotopic (exact) mass is 234 g/mol. The zero-order valence-corrected chi connectivity index (χ0v) is 9.00. The Morgan fingerprint density at radius 1 is 1.73 bits per heavy atom. The molecule has 3 heteroatoms. The number of halogens is 1. The van der Waals surface area contributed by atoms with Crippen molar-refractivity contribution >= 4 is 27.3 Å². The van der Waals surface area contributed by atoms with E-state index in [4.69, 9.17) is 0 Å². The van der Waals surface area contributed by atoms with Gasteiger partial charge in [0.2, 0.25) is 0 Å². The number of aliphatic hydroxyl groups excluding tert-OH is 1. The minimum Gasteiger partial charge on any atom is -0.388 e. The maximum atomic E-state index is 9.50.